The maximum absolute atomic E-state index is 12.8. The molecule has 1 amide bonds. The summed E-state index contributed by atoms with van der Waals surface area (Å²) in [5.41, 5.74) is 1.62. The van der Waals surface area contributed by atoms with Crippen molar-refractivity contribution >= 4 is 17.5 Å². The molecule has 1 aromatic carbocycles. The van der Waals surface area contributed by atoms with Gasteiger partial charge in [-0.15, -0.1) is 0 Å². The molecule has 2 fully saturated rings. The van der Waals surface area contributed by atoms with Crippen LogP contribution in [0, 0.1) is 12.8 Å². The van der Waals surface area contributed by atoms with Crippen LogP contribution in [0.4, 0.5) is 0 Å². The van der Waals surface area contributed by atoms with E-state index in [-0.39, 0.29) is 5.91 Å². The monoisotopic (exact) mass is 336 g/mol. The van der Waals surface area contributed by atoms with E-state index in [1.807, 2.05) is 30.0 Å². The zero-order valence-electron chi connectivity index (χ0n) is 13.8. The van der Waals surface area contributed by atoms with Crippen LogP contribution in [0.3, 0.4) is 0 Å². The van der Waals surface area contributed by atoms with Crippen molar-refractivity contribution in [1.29, 1.82) is 0 Å². The van der Waals surface area contributed by atoms with Gasteiger partial charge in [0.15, 0.2) is 0 Å². The van der Waals surface area contributed by atoms with Gasteiger partial charge in [0.05, 0.1) is 13.2 Å². The van der Waals surface area contributed by atoms with Crippen molar-refractivity contribution in [2.45, 2.75) is 19.8 Å². The summed E-state index contributed by atoms with van der Waals surface area (Å²) < 4.78 is 5.41. The summed E-state index contributed by atoms with van der Waals surface area (Å²) >= 11 is 6.17. The normalized spacial score (nSPS) is 23.0. The van der Waals surface area contributed by atoms with Gasteiger partial charge in [-0.1, -0.05) is 17.7 Å². The van der Waals surface area contributed by atoms with Crippen molar-refractivity contribution in [3.8, 4) is 0 Å². The summed E-state index contributed by atoms with van der Waals surface area (Å²) in [6.45, 7) is 8.38. The van der Waals surface area contributed by atoms with Crippen LogP contribution < -0.4 is 0 Å². The first kappa shape index (κ1) is 16.7. The molecule has 2 heterocycles. The molecule has 5 heteroatoms. The second-order valence-corrected chi connectivity index (χ2v) is 6.99. The largest absolute Gasteiger partial charge is 0.379 e. The van der Waals surface area contributed by atoms with E-state index < -0.39 is 0 Å². The van der Waals surface area contributed by atoms with Gasteiger partial charge in [0.2, 0.25) is 0 Å². The number of morpholine rings is 1. The van der Waals surface area contributed by atoms with Gasteiger partial charge in [-0.2, -0.15) is 0 Å². The quantitative estimate of drug-likeness (QED) is 0.851. The third kappa shape index (κ3) is 4.06. The number of carbonyl (C=O) groups excluding carboxylic acids is 1. The van der Waals surface area contributed by atoms with Gasteiger partial charge < -0.3 is 9.64 Å². The lowest BCUT2D eigenvalue weighted by Gasteiger charge is -2.37. The van der Waals surface area contributed by atoms with Crippen molar-refractivity contribution in [3.63, 3.8) is 0 Å². The van der Waals surface area contributed by atoms with Crippen LogP contribution in [0.25, 0.3) is 0 Å². The molecule has 2 saturated heterocycles. The lowest BCUT2D eigenvalue weighted by molar-refractivity contribution is 0.0223. The molecule has 1 atom stereocenters. The molecule has 0 radical (unpaired) electrons. The van der Waals surface area contributed by atoms with E-state index >= 15 is 0 Å². The minimum Gasteiger partial charge on any atom is -0.379 e. The Morgan fingerprint density at radius 1 is 1.30 bits per heavy atom. The van der Waals surface area contributed by atoms with Gasteiger partial charge >= 0.3 is 0 Å². The van der Waals surface area contributed by atoms with Crippen molar-refractivity contribution in [3.05, 3.63) is 34.3 Å². The average molecular weight is 337 g/mol. The topological polar surface area (TPSA) is 32.8 Å². The second-order valence-electron chi connectivity index (χ2n) is 6.58. The van der Waals surface area contributed by atoms with Gasteiger partial charge in [0.25, 0.3) is 5.91 Å². The summed E-state index contributed by atoms with van der Waals surface area (Å²) in [6, 6.07) is 5.58. The zero-order valence-corrected chi connectivity index (χ0v) is 14.5. The summed E-state index contributed by atoms with van der Waals surface area (Å²) in [6.07, 6.45) is 2.29. The number of nitrogens with zero attached hydrogens (tertiary/aromatic N) is 2. The van der Waals surface area contributed by atoms with E-state index in [0.29, 0.717) is 10.9 Å². The minimum absolute atomic E-state index is 0.122. The van der Waals surface area contributed by atoms with Crippen LogP contribution in [0.15, 0.2) is 18.2 Å². The molecule has 0 saturated carbocycles. The summed E-state index contributed by atoms with van der Waals surface area (Å²) in [7, 11) is 0. The van der Waals surface area contributed by atoms with Crippen LogP contribution in [0.1, 0.15) is 28.8 Å². The number of amides is 1. The summed E-state index contributed by atoms with van der Waals surface area (Å²) in [5.74, 6) is 0.682. The summed E-state index contributed by atoms with van der Waals surface area (Å²) in [5, 5.41) is 0.665. The Morgan fingerprint density at radius 3 is 2.87 bits per heavy atom. The molecule has 0 unspecified atom stereocenters. The number of hydrogen-bond acceptors (Lipinski definition) is 3. The highest BCUT2D eigenvalue weighted by Crippen LogP contribution is 2.24. The SMILES string of the molecule is Cc1c(Cl)cccc1C(=O)N1CCC[C@H](CN2CCOCC2)C1. The molecular weight excluding hydrogens is 312 g/mol. The van der Waals surface area contributed by atoms with Crippen molar-refractivity contribution in [2.24, 2.45) is 5.92 Å². The Hall–Kier alpha value is -1.10. The van der Waals surface area contributed by atoms with Crippen LogP contribution >= 0.6 is 11.6 Å². The molecule has 2 aliphatic heterocycles. The fourth-order valence-corrected chi connectivity index (χ4v) is 3.73. The van der Waals surface area contributed by atoms with Crippen molar-refractivity contribution in [1.82, 2.24) is 9.80 Å². The smallest absolute Gasteiger partial charge is 0.254 e. The van der Waals surface area contributed by atoms with E-state index in [9.17, 15) is 4.79 Å². The van der Waals surface area contributed by atoms with Crippen LogP contribution in [0.2, 0.25) is 5.02 Å². The maximum atomic E-state index is 12.8. The molecule has 23 heavy (non-hydrogen) atoms. The Labute approximate surface area is 143 Å². The highest BCUT2D eigenvalue weighted by atomic mass is 35.5. The van der Waals surface area contributed by atoms with Gasteiger partial charge in [-0.3, -0.25) is 9.69 Å². The first-order chi connectivity index (χ1) is 11.1. The molecule has 0 aliphatic carbocycles. The summed E-state index contributed by atoms with van der Waals surface area (Å²) in [4.78, 5) is 17.3. The van der Waals surface area contributed by atoms with E-state index in [2.05, 4.69) is 4.90 Å². The van der Waals surface area contributed by atoms with Crippen LogP contribution in [-0.4, -0.2) is 61.6 Å². The number of hydrogen-bond donors (Lipinski definition) is 0. The number of piperidine rings is 1. The van der Waals surface area contributed by atoms with Gasteiger partial charge in [-0.25, -0.2) is 0 Å². The Morgan fingerprint density at radius 2 is 2.09 bits per heavy atom. The zero-order chi connectivity index (χ0) is 16.2. The third-order valence-electron chi connectivity index (χ3n) is 4.92. The number of rotatable bonds is 3. The van der Waals surface area contributed by atoms with Gasteiger partial charge in [-0.05, 0) is 43.4 Å². The Bertz CT molecular complexity index is 558. The lowest BCUT2D eigenvalue weighted by atomic mass is 9.96. The molecule has 3 rings (SSSR count). The van der Waals surface area contributed by atoms with Gasteiger partial charge in [0.1, 0.15) is 0 Å². The van der Waals surface area contributed by atoms with E-state index in [1.165, 1.54) is 6.42 Å². The highest BCUT2D eigenvalue weighted by Gasteiger charge is 2.27. The van der Waals surface area contributed by atoms with Crippen molar-refractivity contribution in [2.75, 3.05) is 45.9 Å². The van der Waals surface area contributed by atoms with E-state index in [1.54, 1.807) is 0 Å². The van der Waals surface area contributed by atoms with E-state index in [4.69, 9.17) is 16.3 Å². The predicted octanol–water partition coefficient (Wildman–Crippen LogP) is 2.83. The fourth-order valence-electron chi connectivity index (χ4n) is 3.56. The number of benzene rings is 1. The molecule has 4 nitrogen and oxygen atoms in total. The molecule has 1 aromatic rings. The lowest BCUT2D eigenvalue weighted by Crippen LogP contribution is -2.46. The molecule has 0 N–H and O–H groups in total. The Kier molecular flexibility index (Phi) is 5.57. The van der Waals surface area contributed by atoms with Crippen LogP contribution in [-0.2, 0) is 4.74 Å². The molecule has 2 aliphatic rings. The maximum Gasteiger partial charge on any atom is 0.254 e. The molecular formula is C18H25ClN2O2. The van der Waals surface area contributed by atoms with Crippen molar-refractivity contribution < 1.29 is 9.53 Å². The average Bonchev–Trinajstić information content (AvgIpc) is 2.58. The first-order valence-electron chi connectivity index (χ1n) is 8.49. The van der Waals surface area contributed by atoms with Gasteiger partial charge in [0, 0.05) is 43.3 Å². The number of carbonyl (C=O) groups is 1. The number of likely N-dealkylation sites (tertiary alicyclic amines) is 1. The molecule has 126 valence electrons. The molecule has 0 bridgehead atoms. The fraction of sp³-hybridized carbons (Fsp3) is 0.611. The highest BCUT2D eigenvalue weighted by molar-refractivity contribution is 6.31. The Balaban J connectivity index is 1.63. The molecule has 0 aromatic heterocycles. The third-order valence-corrected chi connectivity index (χ3v) is 5.33. The number of ether oxygens (including phenoxy) is 1. The number of halogens is 1. The van der Waals surface area contributed by atoms with E-state index in [0.717, 1.165) is 63.5 Å². The minimum atomic E-state index is 0.122. The first-order valence-corrected chi connectivity index (χ1v) is 8.87. The standard InChI is InChI=1S/C18H25ClN2O2/c1-14-16(5-2-6-17(14)19)18(22)21-7-3-4-15(13-21)12-20-8-10-23-11-9-20/h2,5-6,15H,3-4,7-13H2,1H3/t15-/m1/s1. The van der Waals surface area contributed by atoms with Crippen LogP contribution in [0.5, 0.6) is 0 Å². The molecule has 0 spiro atoms. The predicted molar refractivity (Wildman–Crippen MR) is 92.1 cm³/mol. The second kappa shape index (κ2) is 7.65.